The Morgan fingerprint density at radius 3 is 2.73 bits per heavy atom. The van der Waals surface area contributed by atoms with Crippen LogP contribution in [-0.2, 0) is 4.79 Å². The maximum atomic E-state index is 12.4. The first-order valence-electron chi connectivity index (χ1n) is 8.66. The van der Waals surface area contributed by atoms with Gasteiger partial charge in [-0.25, -0.2) is 0 Å². The number of fused-ring (bicyclic) bond motifs is 5. The second-order valence-corrected chi connectivity index (χ2v) is 8.30. The van der Waals surface area contributed by atoms with Crippen molar-refractivity contribution in [2.45, 2.75) is 58.2 Å². The minimum atomic E-state index is -0.470. The van der Waals surface area contributed by atoms with Crippen LogP contribution in [-0.4, -0.2) is 28.2 Å². The molecular formula is C19H26O3. The molecule has 4 aliphatic rings. The van der Waals surface area contributed by atoms with Crippen molar-refractivity contribution in [3.8, 4) is 0 Å². The van der Waals surface area contributed by atoms with Crippen LogP contribution in [0.2, 0.25) is 0 Å². The number of Topliss-reactive ketones (excluding diaryl/α,β-unsaturated/α-hetero) is 1. The van der Waals surface area contributed by atoms with Crippen molar-refractivity contribution >= 4 is 5.78 Å². The van der Waals surface area contributed by atoms with E-state index in [4.69, 9.17) is 0 Å². The Balaban J connectivity index is 1.78. The molecular weight excluding hydrogens is 276 g/mol. The number of aliphatic hydroxyl groups excluding tert-OH is 2. The van der Waals surface area contributed by atoms with Gasteiger partial charge in [-0.1, -0.05) is 37.6 Å². The summed E-state index contributed by atoms with van der Waals surface area (Å²) < 4.78 is 0. The fourth-order valence-corrected chi connectivity index (χ4v) is 6.00. The molecule has 2 saturated carbocycles. The number of allylic oxidation sites excluding steroid dienone is 1. The summed E-state index contributed by atoms with van der Waals surface area (Å²) in [4.78, 5) is 12.4. The van der Waals surface area contributed by atoms with Gasteiger partial charge in [0.2, 0.25) is 0 Å². The lowest BCUT2D eigenvalue weighted by Gasteiger charge is -2.56. The van der Waals surface area contributed by atoms with E-state index in [1.54, 1.807) is 0 Å². The van der Waals surface area contributed by atoms with E-state index < -0.39 is 12.2 Å². The SMILES string of the molecule is C[C@]12C=CC(O)CC1=CC(O)[C@@H]1[C@H]2CC[C@]2(C)C(=O)CC[C@@H]12. The summed E-state index contributed by atoms with van der Waals surface area (Å²) in [5.74, 6) is 1.27. The molecule has 7 atom stereocenters. The van der Waals surface area contributed by atoms with E-state index in [0.29, 0.717) is 30.5 Å². The van der Waals surface area contributed by atoms with Crippen molar-refractivity contribution < 1.29 is 15.0 Å². The smallest absolute Gasteiger partial charge is 0.139 e. The average Bonchev–Trinajstić information content (AvgIpc) is 2.77. The maximum Gasteiger partial charge on any atom is 0.139 e. The average molecular weight is 302 g/mol. The molecule has 3 nitrogen and oxygen atoms in total. The minimum Gasteiger partial charge on any atom is -0.389 e. The van der Waals surface area contributed by atoms with Gasteiger partial charge in [0.1, 0.15) is 5.78 Å². The minimum absolute atomic E-state index is 0.0594. The zero-order valence-corrected chi connectivity index (χ0v) is 13.5. The van der Waals surface area contributed by atoms with E-state index in [1.165, 1.54) is 5.57 Å². The number of carbonyl (C=O) groups excluding carboxylic acids is 1. The molecule has 2 fully saturated rings. The molecule has 0 bridgehead atoms. The molecule has 0 spiro atoms. The van der Waals surface area contributed by atoms with Gasteiger partial charge >= 0.3 is 0 Å². The van der Waals surface area contributed by atoms with E-state index in [1.807, 2.05) is 12.2 Å². The number of ketones is 1. The summed E-state index contributed by atoms with van der Waals surface area (Å²) in [5.41, 5.74) is 0.905. The zero-order chi connectivity index (χ0) is 15.7. The third kappa shape index (κ3) is 1.73. The van der Waals surface area contributed by atoms with E-state index in [2.05, 4.69) is 19.9 Å². The van der Waals surface area contributed by atoms with Crippen molar-refractivity contribution in [3.05, 3.63) is 23.8 Å². The molecule has 4 aliphatic carbocycles. The van der Waals surface area contributed by atoms with Gasteiger partial charge in [-0.15, -0.1) is 0 Å². The molecule has 3 heteroatoms. The van der Waals surface area contributed by atoms with Crippen LogP contribution >= 0.6 is 0 Å². The molecule has 0 aliphatic heterocycles. The molecule has 0 heterocycles. The first-order chi connectivity index (χ1) is 10.4. The lowest BCUT2D eigenvalue weighted by atomic mass is 9.48. The Kier molecular flexibility index (Phi) is 3.03. The molecule has 0 aromatic heterocycles. The van der Waals surface area contributed by atoms with E-state index in [9.17, 15) is 15.0 Å². The van der Waals surface area contributed by atoms with E-state index in [0.717, 1.165) is 19.3 Å². The Labute approximate surface area is 132 Å². The molecule has 0 amide bonds. The van der Waals surface area contributed by atoms with Crippen molar-refractivity contribution in [2.24, 2.45) is 28.6 Å². The second kappa shape index (κ2) is 4.55. The van der Waals surface area contributed by atoms with Gasteiger partial charge in [-0.3, -0.25) is 4.79 Å². The van der Waals surface area contributed by atoms with Crippen LogP contribution in [0.3, 0.4) is 0 Å². The summed E-state index contributed by atoms with van der Waals surface area (Å²) in [7, 11) is 0. The van der Waals surface area contributed by atoms with Crippen LogP contribution < -0.4 is 0 Å². The number of hydrogen-bond donors (Lipinski definition) is 2. The van der Waals surface area contributed by atoms with Crippen molar-refractivity contribution in [2.75, 3.05) is 0 Å². The lowest BCUT2D eigenvalue weighted by molar-refractivity contribution is -0.133. The number of hydrogen-bond acceptors (Lipinski definition) is 3. The third-order valence-electron chi connectivity index (χ3n) is 7.36. The molecule has 2 N–H and O–H groups in total. The third-order valence-corrected chi connectivity index (χ3v) is 7.36. The predicted molar refractivity (Wildman–Crippen MR) is 84.0 cm³/mol. The summed E-state index contributed by atoms with van der Waals surface area (Å²) in [6, 6.07) is 0. The van der Waals surface area contributed by atoms with Crippen LogP contribution in [0.5, 0.6) is 0 Å². The van der Waals surface area contributed by atoms with Gasteiger partial charge in [0, 0.05) is 17.3 Å². The van der Waals surface area contributed by atoms with Crippen LogP contribution in [0.25, 0.3) is 0 Å². The van der Waals surface area contributed by atoms with Crippen LogP contribution in [0.4, 0.5) is 0 Å². The molecule has 22 heavy (non-hydrogen) atoms. The molecule has 120 valence electrons. The van der Waals surface area contributed by atoms with Gasteiger partial charge in [-0.05, 0) is 43.4 Å². The standard InChI is InChI=1S/C19H26O3/c1-18-7-5-12(20)9-11(18)10-15(21)17-13-3-4-16(22)19(13,2)8-6-14(17)18/h5,7,10,12-15,17,20-21H,3-4,6,8-9H2,1-2H3/t12?,13-,14+,15?,17-,18-,19-/m0/s1. The number of aliphatic hydroxyl groups is 2. The molecule has 0 aromatic rings. The zero-order valence-electron chi connectivity index (χ0n) is 13.5. The van der Waals surface area contributed by atoms with E-state index >= 15 is 0 Å². The highest BCUT2D eigenvalue weighted by molar-refractivity contribution is 5.87. The van der Waals surface area contributed by atoms with Gasteiger partial charge < -0.3 is 10.2 Å². The van der Waals surface area contributed by atoms with Gasteiger partial charge in [0.25, 0.3) is 0 Å². The topological polar surface area (TPSA) is 57.5 Å². The summed E-state index contributed by atoms with van der Waals surface area (Å²) in [6.45, 7) is 4.38. The number of carbonyl (C=O) groups is 1. The molecule has 2 unspecified atom stereocenters. The fourth-order valence-electron chi connectivity index (χ4n) is 6.00. The van der Waals surface area contributed by atoms with Crippen LogP contribution in [0, 0.1) is 28.6 Å². The van der Waals surface area contributed by atoms with Gasteiger partial charge in [0.15, 0.2) is 0 Å². The van der Waals surface area contributed by atoms with Crippen LogP contribution in [0.15, 0.2) is 23.8 Å². The molecule has 4 rings (SSSR count). The molecule has 0 aromatic carbocycles. The van der Waals surface area contributed by atoms with Crippen molar-refractivity contribution in [1.82, 2.24) is 0 Å². The van der Waals surface area contributed by atoms with E-state index in [-0.39, 0.29) is 16.7 Å². The summed E-state index contributed by atoms with van der Waals surface area (Å²) in [6.07, 6.45) is 9.36. The normalized spacial score (nSPS) is 53.5. The molecule has 0 saturated heterocycles. The molecule has 0 radical (unpaired) electrons. The second-order valence-electron chi connectivity index (χ2n) is 8.30. The summed E-state index contributed by atoms with van der Waals surface area (Å²) in [5, 5.41) is 20.7. The van der Waals surface area contributed by atoms with Gasteiger partial charge in [0.05, 0.1) is 12.2 Å². The summed E-state index contributed by atoms with van der Waals surface area (Å²) >= 11 is 0. The lowest BCUT2D eigenvalue weighted by Crippen LogP contribution is -2.53. The van der Waals surface area contributed by atoms with Crippen molar-refractivity contribution in [1.29, 1.82) is 0 Å². The predicted octanol–water partition coefficient (Wildman–Crippen LogP) is 2.63. The highest BCUT2D eigenvalue weighted by Crippen LogP contribution is 2.62. The highest BCUT2D eigenvalue weighted by Gasteiger charge is 2.60. The first-order valence-corrected chi connectivity index (χ1v) is 8.66. The highest BCUT2D eigenvalue weighted by atomic mass is 16.3. The Morgan fingerprint density at radius 1 is 1.18 bits per heavy atom. The fraction of sp³-hybridized carbons (Fsp3) is 0.737. The Bertz CT molecular complexity index is 577. The van der Waals surface area contributed by atoms with Crippen molar-refractivity contribution in [3.63, 3.8) is 0 Å². The van der Waals surface area contributed by atoms with Gasteiger partial charge in [-0.2, -0.15) is 0 Å². The number of rotatable bonds is 0. The maximum absolute atomic E-state index is 12.4. The largest absolute Gasteiger partial charge is 0.389 e. The monoisotopic (exact) mass is 302 g/mol. The Morgan fingerprint density at radius 2 is 1.95 bits per heavy atom. The Hall–Kier alpha value is -0.930. The first kappa shape index (κ1) is 14.6. The quantitative estimate of drug-likeness (QED) is 0.676. The van der Waals surface area contributed by atoms with Crippen LogP contribution in [0.1, 0.15) is 46.0 Å².